The average Bonchev–Trinajstić information content (AvgIpc) is 2.45. The molecule has 0 atom stereocenters. The molecule has 0 spiro atoms. The standard InChI is InChI=1S/C10H20N4/c1-8(2)6-10-9(12-5-4-11)7-13-14(10)3/h7-8,12H,4-6,11H2,1-3H3. The highest BCUT2D eigenvalue weighted by Gasteiger charge is 2.09. The predicted octanol–water partition coefficient (Wildman–Crippen LogP) is 0.989. The Morgan fingerprint density at radius 2 is 2.29 bits per heavy atom. The van der Waals surface area contributed by atoms with E-state index in [-0.39, 0.29) is 0 Å². The zero-order valence-electron chi connectivity index (χ0n) is 9.25. The van der Waals surface area contributed by atoms with Crippen molar-refractivity contribution in [3.05, 3.63) is 11.9 Å². The van der Waals surface area contributed by atoms with Crippen LogP contribution in [0.4, 0.5) is 5.69 Å². The van der Waals surface area contributed by atoms with Gasteiger partial charge < -0.3 is 11.1 Å². The van der Waals surface area contributed by atoms with E-state index >= 15 is 0 Å². The molecule has 0 saturated carbocycles. The summed E-state index contributed by atoms with van der Waals surface area (Å²) in [6.07, 6.45) is 2.91. The van der Waals surface area contributed by atoms with E-state index in [9.17, 15) is 0 Å². The summed E-state index contributed by atoms with van der Waals surface area (Å²) >= 11 is 0. The van der Waals surface area contributed by atoms with Gasteiger partial charge in [-0.3, -0.25) is 4.68 Å². The van der Waals surface area contributed by atoms with Gasteiger partial charge in [-0.15, -0.1) is 0 Å². The van der Waals surface area contributed by atoms with Crippen LogP contribution in [0.1, 0.15) is 19.5 Å². The van der Waals surface area contributed by atoms with Crippen molar-refractivity contribution in [1.82, 2.24) is 9.78 Å². The number of aromatic nitrogens is 2. The van der Waals surface area contributed by atoms with Crippen LogP contribution in [0.2, 0.25) is 0 Å². The van der Waals surface area contributed by atoms with Gasteiger partial charge in [0.25, 0.3) is 0 Å². The second-order valence-corrected chi connectivity index (χ2v) is 3.94. The van der Waals surface area contributed by atoms with Crippen molar-refractivity contribution >= 4 is 5.69 Å². The molecule has 0 radical (unpaired) electrons. The lowest BCUT2D eigenvalue weighted by Crippen LogP contribution is -2.14. The van der Waals surface area contributed by atoms with Crippen molar-refractivity contribution in [2.75, 3.05) is 18.4 Å². The second-order valence-electron chi connectivity index (χ2n) is 3.94. The van der Waals surface area contributed by atoms with Crippen molar-refractivity contribution < 1.29 is 0 Å². The van der Waals surface area contributed by atoms with E-state index in [0.29, 0.717) is 12.5 Å². The van der Waals surface area contributed by atoms with Crippen LogP contribution >= 0.6 is 0 Å². The van der Waals surface area contributed by atoms with Crippen LogP contribution in [-0.2, 0) is 13.5 Å². The molecule has 0 aliphatic carbocycles. The summed E-state index contributed by atoms with van der Waals surface area (Å²) < 4.78 is 1.93. The molecule has 0 unspecified atom stereocenters. The summed E-state index contributed by atoms with van der Waals surface area (Å²) in [6, 6.07) is 0. The molecular weight excluding hydrogens is 176 g/mol. The fourth-order valence-electron chi connectivity index (χ4n) is 1.45. The summed E-state index contributed by atoms with van der Waals surface area (Å²) in [6.45, 7) is 5.87. The number of nitrogens with one attached hydrogen (secondary N) is 1. The molecule has 1 aromatic rings. The molecule has 0 bridgehead atoms. The number of hydrogen-bond acceptors (Lipinski definition) is 3. The Morgan fingerprint density at radius 3 is 2.86 bits per heavy atom. The van der Waals surface area contributed by atoms with E-state index in [2.05, 4.69) is 24.3 Å². The molecule has 1 rings (SSSR count). The minimum absolute atomic E-state index is 0.642. The largest absolute Gasteiger partial charge is 0.381 e. The van der Waals surface area contributed by atoms with E-state index in [0.717, 1.165) is 18.7 Å². The smallest absolute Gasteiger partial charge is 0.0759 e. The van der Waals surface area contributed by atoms with E-state index in [4.69, 9.17) is 5.73 Å². The molecule has 80 valence electrons. The summed E-state index contributed by atoms with van der Waals surface area (Å²) in [5.74, 6) is 0.642. The van der Waals surface area contributed by atoms with Crippen molar-refractivity contribution in [3.63, 3.8) is 0 Å². The molecule has 0 saturated heterocycles. The number of nitrogens with two attached hydrogens (primary N) is 1. The lowest BCUT2D eigenvalue weighted by atomic mass is 10.1. The highest BCUT2D eigenvalue weighted by atomic mass is 15.3. The molecule has 0 fully saturated rings. The zero-order chi connectivity index (χ0) is 10.6. The van der Waals surface area contributed by atoms with Gasteiger partial charge in [0.1, 0.15) is 0 Å². The molecule has 4 nitrogen and oxygen atoms in total. The molecule has 0 amide bonds. The first-order chi connectivity index (χ1) is 6.65. The van der Waals surface area contributed by atoms with Gasteiger partial charge in [0, 0.05) is 20.1 Å². The number of anilines is 1. The second kappa shape index (κ2) is 5.00. The first-order valence-corrected chi connectivity index (χ1v) is 5.10. The first kappa shape index (κ1) is 11.0. The number of aryl methyl sites for hydroxylation is 1. The van der Waals surface area contributed by atoms with Crippen LogP contribution in [0.15, 0.2) is 6.20 Å². The Morgan fingerprint density at radius 1 is 1.57 bits per heavy atom. The first-order valence-electron chi connectivity index (χ1n) is 5.10. The Hall–Kier alpha value is -1.03. The van der Waals surface area contributed by atoms with Gasteiger partial charge in [-0.05, 0) is 12.3 Å². The van der Waals surface area contributed by atoms with Gasteiger partial charge in [0.15, 0.2) is 0 Å². The van der Waals surface area contributed by atoms with Crippen LogP contribution in [0.5, 0.6) is 0 Å². The Labute approximate surface area is 85.5 Å². The molecule has 3 N–H and O–H groups in total. The SMILES string of the molecule is CC(C)Cc1c(NCCN)cnn1C. The highest BCUT2D eigenvalue weighted by molar-refractivity contribution is 5.46. The minimum atomic E-state index is 0.642. The third-order valence-electron chi connectivity index (χ3n) is 2.12. The molecule has 0 aliphatic heterocycles. The third-order valence-corrected chi connectivity index (χ3v) is 2.12. The van der Waals surface area contributed by atoms with Gasteiger partial charge in [0.05, 0.1) is 17.6 Å². The third kappa shape index (κ3) is 2.73. The molecule has 4 heteroatoms. The molecule has 0 aliphatic rings. The van der Waals surface area contributed by atoms with Gasteiger partial charge in [-0.25, -0.2) is 0 Å². The maximum absolute atomic E-state index is 5.44. The molecule has 1 aromatic heterocycles. The quantitative estimate of drug-likeness (QED) is 0.738. The van der Waals surface area contributed by atoms with Crippen LogP contribution in [0, 0.1) is 5.92 Å². The normalized spacial score (nSPS) is 10.9. The van der Waals surface area contributed by atoms with Crippen molar-refractivity contribution in [1.29, 1.82) is 0 Å². The monoisotopic (exact) mass is 196 g/mol. The summed E-state index contributed by atoms with van der Waals surface area (Å²) in [7, 11) is 1.98. The molecule has 0 aromatic carbocycles. The Bertz CT molecular complexity index is 278. The molecular formula is C10H20N4. The molecule has 14 heavy (non-hydrogen) atoms. The summed E-state index contributed by atoms with van der Waals surface area (Å²) in [5.41, 5.74) is 7.82. The van der Waals surface area contributed by atoms with E-state index in [1.165, 1.54) is 5.69 Å². The van der Waals surface area contributed by atoms with Gasteiger partial charge >= 0.3 is 0 Å². The van der Waals surface area contributed by atoms with Gasteiger partial charge in [-0.2, -0.15) is 5.10 Å². The van der Waals surface area contributed by atoms with Gasteiger partial charge in [0.2, 0.25) is 0 Å². The number of nitrogens with zero attached hydrogens (tertiary/aromatic N) is 2. The van der Waals surface area contributed by atoms with Crippen molar-refractivity contribution in [2.24, 2.45) is 18.7 Å². The number of rotatable bonds is 5. The molecule has 1 heterocycles. The lowest BCUT2D eigenvalue weighted by Gasteiger charge is -2.09. The number of hydrogen-bond donors (Lipinski definition) is 2. The fourth-order valence-corrected chi connectivity index (χ4v) is 1.45. The minimum Gasteiger partial charge on any atom is -0.381 e. The van der Waals surface area contributed by atoms with E-state index in [1.807, 2.05) is 17.9 Å². The fraction of sp³-hybridized carbons (Fsp3) is 0.700. The van der Waals surface area contributed by atoms with Crippen LogP contribution in [-0.4, -0.2) is 22.9 Å². The topological polar surface area (TPSA) is 55.9 Å². The average molecular weight is 196 g/mol. The van der Waals surface area contributed by atoms with Crippen molar-refractivity contribution in [3.8, 4) is 0 Å². The van der Waals surface area contributed by atoms with E-state index in [1.54, 1.807) is 0 Å². The maximum Gasteiger partial charge on any atom is 0.0759 e. The van der Waals surface area contributed by atoms with Crippen molar-refractivity contribution in [2.45, 2.75) is 20.3 Å². The van der Waals surface area contributed by atoms with E-state index < -0.39 is 0 Å². The summed E-state index contributed by atoms with van der Waals surface area (Å²) in [4.78, 5) is 0. The summed E-state index contributed by atoms with van der Waals surface area (Å²) in [5, 5.41) is 7.52. The zero-order valence-corrected chi connectivity index (χ0v) is 9.25. The Balaban J connectivity index is 2.72. The highest BCUT2D eigenvalue weighted by Crippen LogP contribution is 2.17. The Kier molecular flexibility index (Phi) is 3.95. The van der Waals surface area contributed by atoms with Crippen LogP contribution in [0.25, 0.3) is 0 Å². The lowest BCUT2D eigenvalue weighted by molar-refractivity contribution is 0.596. The maximum atomic E-state index is 5.44. The van der Waals surface area contributed by atoms with Crippen LogP contribution in [0.3, 0.4) is 0 Å². The van der Waals surface area contributed by atoms with Crippen LogP contribution < -0.4 is 11.1 Å². The predicted molar refractivity (Wildman–Crippen MR) is 59.3 cm³/mol. The van der Waals surface area contributed by atoms with Gasteiger partial charge in [-0.1, -0.05) is 13.8 Å².